The molecule has 0 saturated heterocycles. The van der Waals surface area contributed by atoms with Crippen molar-refractivity contribution in [2.24, 2.45) is 0 Å². The van der Waals surface area contributed by atoms with Gasteiger partial charge in [0.25, 0.3) is 0 Å². The molecule has 100 valence electrons. The van der Waals surface area contributed by atoms with Crippen molar-refractivity contribution in [2.75, 3.05) is 19.7 Å². The lowest BCUT2D eigenvalue weighted by atomic mass is 10.2. The zero-order valence-corrected chi connectivity index (χ0v) is 10.7. The van der Waals surface area contributed by atoms with E-state index in [4.69, 9.17) is 4.74 Å². The number of hydrogen-bond donors (Lipinski definition) is 2. The average Bonchev–Trinajstić information content (AvgIpc) is 2.31. The summed E-state index contributed by atoms with van der Waals surface area (Å²) in [6, 6.07) is 6.45. The smallest absolute Gasteiger partial charge is 0.128 e. The number of rotatable bonds is 8. The first-order chi connectivity index (χ1) is 8.59. The summed E-state index contributed by atoms with van der Waals surface area (Å²) < 4.78 is 18.5. The highest BCUT2D eigenvalue weighted by atomic mass is 19.1. The van der Waals surface area contributed by atoms with E-state index in [1.54, 1.807) is 18.2 Å². The van der Waals surface area contributed by atoms with Crippen LogP contribution in [-0.4, -0.2) is 30.9 Å². The highest BCUT2D eigenvalue weighted by Crippen LogP contribution is 2.07. The fourth-order valence-electron chi connectivity index (χ4n) is 1.43. The fourth-order valence-corrected chi connectivity index (χ4v) is 1.43. The van der Waals surface area contributed by atoms with Crippen LogP contribution in [0.2, 0.25) is 0 Å². The number of aliphatic hydroxyl groups is 1. The van der Waals surface area contributed by atoms with Crippen LogP contribution in [0, 0.1) is 5.82 Å². The minimum Gasteiger partial charge on any atom is -0.389 e. The van der Waals surface area contributed by atoms with Gasteiger partial charge in [-0.1, -0.05) is 30.4 Å². The SMILES string of the molecule is C=C(C)CNCC(O)COCc1ccccc1F. The molecule has 0 aliphatic heterocycles. The van der Waals surface area contributed by atoms with Crippen molar-refractivity contribution in [3.05, 3.63) is 47.8 Å². The van der Waals surface area contributed by atoms with E-state index in [2.05, 4.69) is 11.9 Å². The Morgan fingerprint density at radius 1 is 1.50 bits per heavy atom. The molecule has 0 radical (unpaired) electrons. The van der Waals surface area contributed by atoms with Crippen molar-refractivity contribution >= 4 is 0 Å². The second-order valence-corrected chi connectivity index (χ2v) is 4.35. The van der Waals surface area contributed by atoms with Crippen molar-refractivity contribution in [1.82, 2.24) is 5.32 Å². The maximum Gasteiger partial charge on any atom is 0.128 e. The lowest BCUT2D eigenvalue weighted by Gasteiger charge is -2.12. The van der Waals surface area contributed by atoms with Crippen LogP contribution in [0.5, 0.6) is 0 Å². The number of benzene rings is 1. The second-order valence-electron chi connectivity index (χ2n) is 4.35. The first kappa shape index (κ1) is 14.8. The monoisotopic (exact) mass is 253 g/mol. The highest BCUT2D eigenvalue weighted by Gasteiger charge is 2.05. The first-order valence-corrected chi connectivity index (χ1v) is 5.94. The first-order valence-electron chi connectivity index (χ1n) is 5.94. The van der Waals surface area contributed by atoms with Crippen LogP contribution < -0.4 is 5.32 Å². The Morgan fingerprint density at radius 2 is 2.22 bits per heavy atom. The Bertz CT molecular complexity index is 382. The Morgan fingerprint density at radius 3 is 2.89 bits per heavy atom. The Hall–Kier alpha value is -1.23. The molecule has 1 unspecified atom stereocenters. The van der Waals surface area contributed by atoms with Crippen LogP contribution in [0.3, 0.4) is 0 Å². The molecule has 0 fully saturated rings. The van der Waals surface area contributed by atoms with Crippen molar-refractivity contribution in [3.63, 3.8) is 0 Å². The molecule has 0 bridgehead atoms. The van der Waals surface area contributed by atoms with Crippen LogP contribution in [0.25, 0.3) is 0 Å². The normalized spacial score (nSPS) is 12.4. The van der Waals surface area contributed by atoms with E-state index >= 15 is 0 Å². The number of nitrogens with one attached hydrogen (secondary N) is 1. The van der Waals surface area contributed by atoms with Crippen molar-refractivity contribution < 1.29 is 14.2 Å². The minimum absolute atomic E-state index is 0.171. The molecular formula is C14H20FNO2. The van der Waals surface area contributed by atoms with Crippen LogP contribution >= 0.6 is 0 Å². The number of hydrogen-bond acceptors (Lipinski definition) is 3. The lowest BCUT2D eigenvalue weighted by molar-refractivity contribution is 0.0282. The van der Waals surface area contributed by atoms with E-state index in [0.717, 1.165) is 5.57 Å². The van der Waals surface area contributed by atoms with Crippen LogP contribution in [0.1, 0.15) is 12.5 Å². The Balaban J connectivity index is 2.17. The van der Waals surface area contributed by atoms with Gasteiger partial charge in [-0.15, -0.1) is 0 Å². The zero-order chi connectivity index (χ0) is 13.4. The van der Waals surface area contributed by atoms with E-state index in [1.807, 2.05) is 6.92 Å². The maximum atomic E-state index is 13.2. The van der Waals surface area contributed by atoms with Gasteiger partial charge in [0.1, 0.15) is 5.82 Å². The molecule has 1 atom stereocenters. The lowest BCUT2D eigenvalue weighted by Crippen LogP contribution is -2.31. The predicted octanol–water partition coefficient (Wildman–Crippen LogP) is 1.87. The van der Waals surface area contributed by atoms with Gasteiger partial charge in [0.2, 0.25) is 0 Å². The van der Waals surface area contributed by atoms with Crippen molar-refractivity contribution in [1.29, 1.82) is 0 Å². The Labute approximate surface area is 107 Å². The third-order valence-electron chi connectivity index (χ3n) is 2.33. The summed E-state index contributed by atoms with van der Waals surface area (Å²) in [6.45, 7) is 7.11. The molecule has 0 aromatic heterocycles. The molecule has 0 spiro atoms. The predicted molar refractivity (Wildman–Crippen MR) is 69.7 cm³/mol. The quantitative estimate of drug-likeness (QED) is 0.695. The number of aliphatic hydroxyl groups excluding tert-OH is 1. The molecule has 3 nitrogen and oxygen atoms in total. The number of halogens is 1. The van der Waals surface area contributed by atoms with Gasteiger partial charge in [-0.2, -0.15) is 0 Å². The number of ether oxygens (including phenoxy) is 1. The molecule has 1 aromatic carbocycles. The largest absolute Gasteiger partial charge is 0.389 e. The van der Waals surface area contributed by atoms with E-state index < -0.39 is 6.10 Å². The molecule has 0 saturated carbocycles. The summed E-state index contributed by atoms with van der Waals surface area (Å²) in [5, 5.41) is 12.6. The van der Waals surface area contributed by atoms with Gasteiger partial charge >= 0.3 is 0 Å². The van der Waals surface area contributed by atoms with Crippen molar-refractivity contribution in [2.45, 2.75) is 19.6 Å². The molecule has 2 N–H and O–H groups in total. The summed E-state index contributed by atoms with van der Waals surface area (Å²) in [4.78, 5) is 0. The van der Waals surface area contributed by atoms with Crippen LogP contribution in [0.4, 0.5) is 4.39 Å². The van der Waals surface area contributed by atoms with Crippen LogP contribution in [0.15, 0.2) is 36.4 Å². The maximum absolute atomic E-state index is 13.2. The second kappa shape index (κ2) is 7.97. The average molecular weight is 253 g/mol. The van der Waals surface area contributed by atoms with E-state index in [1.165, 1.54) is 6.07 Å². The van der Waals surface area contributed by atoms with E-state index in [0.29, 0.717) is 18.7 Å². The molecule has 0 amide bonds. The summed E-state index contributed by atoms with van der Waals surface area (Å²) >= 11 is 0. The summed E-state index contributed by atoms with van der Waals surface area (Å²) in [6.07, 6.45) is -0.601. The third-order valence-corrected chi connectivity index (χ3v) is 2.33. The van der Waals surface area contributed by atoms with Gasteiger partial charge in [-0.05, 0) is 13.0 Å². The van der Waals surface area contributed by atoms with Gasteiger partial charge < -0.3 is 15.2 Å². The fraction of sp³-hybridized carbons (Fsp3) is 0.429. The van der Waals surface area contributed by atoms with E-state index in [9.17, 15) is 9.50 Å². The van der Waals surface area contributed by atoms with Gasteiger partial charge in [-0.25, -0.2) is 4.39 Å². The third kappa shape index (κ3) is 5.91. The summed E-state index contributed by atoms with van der Waals surface area (Å²) in [5.74, 6) is -0.285. The Kier molecular flexibility index (Phi) is 6.57. The molecule has 18 heavy (non-hydrogen) atoms. The van der Waals surface area contributed by atoms with E-state index in [-0.39, 0.29) is 19.0 Å². The molecule has 4 heteroatoms. The zero-order valence-electron chi connectivity index (χ0n) is 10.7. The van der Waals surface area contributed by atoms with Gasteiger partial charge in [0.15, 0.2) is 0 Å². The molecule has 1 aromatic rings. The highest BCUT2D eigenvalue weighted by molar-refractivity contribution is 5.16. The minimum atomic E-state index is -0.601. The standard InChI is InChI=1S/C14H20FNO2/c1-11(2)7-16-8-13(17)10-18-9-12-5-3-4-6-14(12)15/h3-6,13,16-17H,1,7-10H2,2H3. The van der Waals surface area contributed by atoms with Crippen LogP contribution in [-0.2, 0) is 11.3 Å². The van der Waals surface area contributed by atoms with Gasteiger partial charge in [-0.3, -0.25) is 0 Å². The molecule has 0 aliphatic carbocycles. The molecule has 0 aliphatic rings. The van der Waals surface area contributed by atoms with Crippen molar-refractivity contribution in [3.8, 4) is 0 Å². The topological polar surface area (TPSA) is 41.5 Å². The van der Waals surface area contributed by atoms with Gasteiger partial charge in [0.05, 0.1) is 19.3 Å². The summed E-state index contributed by atoms with van der Waals surface area (Å²) in [5.41, 5.74) is 1.51. The molecule has 1 rings (SSSR count). The summed E-state index contributed by atoms with van der Waals surface area (Å²) in [7, 11) is 0. The van der Waals surface area contributed by atoms with Gasteiger partial charge in [0, 0.05) is 18.7 Å². The molecular weight excluding hydrogens is 233 g/mol. The molecule has 0 heterocycles.